The first-order chi connectivity index (χ1) is 8.06. The summed E-state index contributed by atoms with van der Waals surface area (Å²) in [4.78, 5) is 33.9. The molecule has 1 atom stereocenters. The number of nitrogens with zero attached hydrogens (tertiary/aromatic N) is 1. The Labute approximate surface area is 95.9 Å². The maximum Gasteiger partial charge on any atom is 0.270 e. The molecule has 0 bridgehead atoms. The van der Waals surface area contributed by atoms with Gasteiger partial charge in [-0.3, -0.25) is 24.8 Å². The first-order valence-corrected chi connectivity index (χ1v) is 5.01. The number of piperidine rings is 1. The Morgan fingerprint density at radius 1 is 1.53 bits per heavy atom. The summed E-state index contributed by atoms with van der Waals surface area (Å²) in [6.07, 6.45) is 0.502. The lowest BCUT2D eigenvalue weighted by molar-refractivity contribution is -0.134. The molecule has 0 aromatic carbocycles. The van der Waals surface area contributed by atoms with E-state index >= 15 is 0 Å². The Hall–Kier alpha value is -2.38. The van der Waals surface area contributed by atoms with Crippen molar-refractivity contribution in [3.8, 4) is 0 Å². The number of hydrogen-bond acceptors (Lipinski definition) is 5. The third-order valence-electron chi connectivity index (χ3n) is 2.39. The minimum Gasteiger partial charge on any atom is -0.382 e. The Balaban J connectivity index is 1.99. The van der Waals surface area contributed by atoms with Crippen LogP contribution in [0, 0.1) is 0 Å². The van der Waals surface area contributed by atoms with Gasteiger partial charge in [0.2, 0.25) is 11.8 Å². The molecule has 1 aromatic heterocycles. The monoisotopic (exact) mass is 237 g/mol. The second-order valence-electron chi connectivity index (χ2n) is 3.68. The minimum atomic E-state index is -0.704. The molecule has 1 unspecified atom stereocenters. The molecule has 8 nitrogen and oxygen atoms in total. The van der Waals surface area contributed by atoms with Crippen LogP contribution in [0.3, 0.4) is 0 Å². The number of nitrogens with two attached hydrogens (primary N) is 1. The van der Waals surface area contributed by atoms with Gasteiger partial charge < -0.3 is 11.1 Å². The van der Waals surface area contributed by atoms with Crippen LogP contribution in [0.15, 0.2) is 6.07 Å². The van der Waals surface area contributed by atoms with Gasteiger partial charge in [-0.15, -0.1) is 0 Å². The highest BCUT2D eigenvalue weighted by molar-refractivity contribution is 6.03. The first-order valence-electron chi connectivity index (χ1n) is 5.01. The van der Waals surface area contributed by atoms with Crippen LogP contribution < -0.4 is 16.4 Å². The predicted octanol–water partition coefficient (Wildman–Crippen LogP) is -1.47. The van der Waals surface area contributed by atoms with Crippen LogP contribution in [-0.4, -0.2) is 34.0 Å². The number of nitrogens with one attached hydrogen (secondary N) is 3. The molecule has 17 heavy (non-hydrogen) atoms. The van der Waals surface area contributed by atoms with Gasteiger partial charge in [-0.25, -0.2) is 0 Å². The van der Waals surface area contributed by atoms with Crippen molar-refractivity contribution >= 4 is 23.5 Å². The number of H-pyrrole nitrogens is 1. The molecule has 1 fully saturated rings. The van der Waals surface area contributed by atoms with E-state index in [1.807, 2.05) is 0 Å². The number of hydrogen-bond donors (Lipinski definition) is 4. The molecule has 90 valence electrons. The number of carbonyl (C=O) groups excluding carboxylic acids is 3. The van der Waals surface area contributed by atoms with Crippen LogP contribution in [0.5, 0.6) is 0 Å². The van der Waals surface area contributed by atoms with E-state index in [4.69, 9.17) is 5.73 Å². The molecule has 1 aliphatic heterocycles. The summed E-state index contributed by atoms with van der Waals surface area (Å²) in [5.74, 6) is -1.12. The van der Waals surface area contributed by atoms with E-state index < -0.39 is 17.9 Å². The van der Waals surface area contributed by atoms with E-state index in [0.717, 1.165) is 0 Å². The number of imide groups is 1. The number of nitrogen functional groups attached to an aromatic ring is 1. The maximum absolute atomic E-state index is 11.7. The molecule has 5 N–H and O–H groups in total. The van der Waals surface area contributed by atoms with E-state index in [1.165, 1.54) is 6.07 Å². The smallest absolute Gasteiger partial charge is 0.270 e. The fraction of sp³-hybridized carbons (Fsp3) is 0.333. The second-order valence-corrected chi connectivity index (χ2v) is 3.68. The van der Waals surface area contributed by atoms with Crippen LogP contribution >= 0.6 is 0 Å². The second kappa shape index (κ2) is 4.24. The third-order valence-corrected chi connectivity index (χ3v) is 2.39. The lowest BCUT2D eigenvalue weighted by Crippen LogP contribution is -2.52. The lowest BCUT2D eigenvalue weighted by Gasteiger charge is -2.21. The fourth-order valence-electron chi connectivity index (χ4n) is 1.52. The van der Waals surface area contributed by atoms with Crippen molar-refractivity contribution in [1.82, 2.24) is 20.8 Å². The van der Waals surface area contributed by atoms with Gasteiger partial charge in [-0.05, 0) is 6.42 Å². The molecule has 0 spiro atoms. The van der Waals surface area contributed by atoms with Crippen molar-refractivity contribution in [3.05, 3.63) is 11.8 Å². The number of anilines is 1. The van der Waals surface area contributed by atoms with E-state index in [0.29, 0.717) is 6.42 Å². The van der Waals surface area contributed by atoms with Crippen LogP contribution in [0.4, 0.5) is 5.82 Å². The van der Waals surface area contributed by atoms with Crippen molar-refractivity contribution < 1.29 is 14.4 Å². The SMILES string of the molecule is Nc1cc(C(=O)NC2CCC(=O)NC2=O)[nH]n1. The Morgan fingerprint density at radius 2 is 2.29 bits per heavy atom. The van der Waals surface area contributed by atoms with Crippen molar-refractivity contribution in [2.24, 2.45) is 0 Å². The summed E-state index contributed by atoms with van der Waals surface area (Å²) in [6.45, 7) is 0. The zero-order valence-electron chi connectivity index (χ0n) is 8.82. The van der Waals surface area contributed by atoms with E-state index in [2.05, 4.69) is 20.8 Å². The summed E-state index contributed by atoms with van der Waals surface area (Å²) in [5.41, 5.74) is 5.52. The quantitative estimate of drug-likeness (QED) is 0.466. The Kier molecular flexibility index (Phi) is 2.77. The summed E-state index contributed by atoms with van der Waals surface area (Å²) < 4.78 is 0. The largest absolute Gasteiger partial charge is 0.382 e. The third kappa shape index (κ3) is 2.41. The number of carbonyl (C=O) groups is 3. The predicted molar refractivity (Wildman–Crippen MR) is 56.6 cm³/mol. The van der Waals surface area contributed by atoms with Gasteiger partial charge in [0.05, 0.1) is 0 Å². The Morgan fingerprint density at radius 3 is 2.88 bits per heavy atom. The molecule has 2 rings (SSSR count). The standard InChI is InChI=1S/C9H11N5O3/c10-6-3-5(13-14-6)9(17)11-4-1-2-7(15)12-8(4)16/h3-4H,1-2H2,(H,11,17)(H3,10,13,14)(H,12,15,16). The van der Waals surface area contributed by atoms with Crippen LogP contribution in [0.2, 0.25) is 0 Å². The normalized spacial score (nSPS) is 19.9. The number of amides is 3. The van der Waals surface area contributed by atoms with Gasteiger partial charge in [-0.1, -0.05) is 0 Å². The van der Waals surface area contributed by atoms with Crippen LogP contribution in [0.1, 0.15) is 23.3 Å². The minimum absolute atomic E-state index is 0.173. The van der Waals surface area contributed by atoms with Crippen molar-refractivity contribution in [3.63, 3.8) is 0 Å². The van der Waals surface area contributed by atoms with Gasteiger partial charge in [0, 0.05) is 12.5 Å². The fourth-order valence-corrected chi connectivity index (χ4v) is 1.52. The molecule has 1 aromatic rings. The van der Waals surface area contributed by atoms with Gasteiger partial charge >= 0.3 is 0 Å². The first kappa shape index (κ1) is 11.1. The molecular weight excluding hydrogens is 226 g/mol. The highest BCUT2D eigenvalue weighted by Crippen LogP contribution is 2.06. The molecule has 2 heterocycles. The van der Waals surface area contributed by atoms with Gasteiger partial charge in [0.25, 0.3) is 5.91 Å². The lowest BCUT2D eigenvalue weighted by atomic mass is 10.1. The summed E-state index contributed by atoms with van der Waals surface area (Å²) in [6, 6.07) is 0.658. The molecule has 8 heteroatoms. The molecule has 1 saturated heterocycles. The van der Waals surface area contributed by atoms with Gasteiger partial charge in [0.1, 0.15) is 17.6 Å². The van der Waals surface area contributed by atoms with Crippen molar-refractivity contribution in [1.29, 1.82) is 0 Å². The molecule has 0 saturated carbocycles. The summed E-state index contributed by atoms with van der Waals surface area (Å²) in [5, 5.41) is 10.7. The average Bonchev–Trinajstić information content (AvgIpc) is 2.69. The van der Waals surface area contributed by atoms with E-state index in [1.54, 1.807) is 0 Å². The summed E-state index contributed by atoms with van der Waals surface area (Å²) >= 11 is 0. The Bertz CT molecular complexity index is 481. The highest BCUT2D eigenvalue weighted by Gasteiger charge is 2.28. The maximum atomic E-state index is 11.7. The van der Waals surface area contributed by atoms with Gasteiger partial charge in [-0.2, -0.15) is 5.10 Å². The summed E-state index contributed by atoms with van der Waals surface area (Å²) in [7, 11) is 0. The van der Waals surface area contributed by atoms with Crippen molar-refractivity contribution in [2.45, 2.75) is 18.9 Å². The van der Waals surface area contributed by atoms with Crippen LogP contribution in [0.25, 0.3) is 0 Å². The molecule has 0 radical (unpaired) electrons. The highest BCUT2D eigenvalue weighted by atomic mass is 16.2. The van der Waals surface area contributed by atoms with Crippen molar-refractivity contribution in [2.75, 3.05) is 5.73 Å². The molecule has 1 aliphatic rings. The topological polar surface area (TPSA) is 130 Å². The average molecular weight is 237 g/mol. The molecule has 0 aliphatic carbocycles. The molecule has 3 amide bonds. The zero-order valence-corrected chi connectivity index (χ0v) is 8.82. The van der Waals surface area contributed by atoms with Crippen LogP contribution in [-0.2, 0) is 9.59 Å². The number of aromatic nitrogens is 2. The number of rotatable bonds is 2. The number of aromatic amines is 1. The molecular formula is C9H11N5O3. The van der Waals surface area contributed by atoms with E-state index in [9.17, 15) is 14.4 Å². The van der Waals surface area contributed by atoms with Gasteiger partial charge in [0.15, 0.2) is 0 Å². The zero-order chi connectivity index (χ0) is 12.4. The van der Waals surface area contributed by atoms with E-state index in [-0.39, 0.29) is 23.8 Å².